The molecule has 1 aliphatic rings. The molecule has 13 heteroatoms. The lowest BCUT2D eigenvalue weighted by Crippen LogP contribution is -2.47. The van der Waals surface area contributed by atoms with E-state index in [1.54, 1.807) is 24.3 Å². The number of oxazole rings is 1. The number of carbonyl (C=O) groups is 2. The zero-order valence-electron chi connectivity index (χ0n) is 19.4. The summed E-state index contributed by atoms with van der Waals surface area (Å²) in [6, 6.07) is 8.86. The molecule has 2 heterocycles. The van der Waals surface area contributed by atoms with E-state index in [4.69, 9.17) is 9.15 Å². The monoisotopic (exact) mass is 508 g/mol. The van der Waals surface area contributed by atoms with Crippen molar-refractivity contribution in [1.82, 2.24) is 19.9 Å². The van der Waals surface area contributed by atoms with Crippen molar-refractivity contribution in [1.29, 1.82) is 0 Å². The van der Waals surface area contributed by atoms with Crippen LogP contribution in [0, 0.1) is 5.82 Å². The second-order valence-electron chi connectivity index (χ2n) is 8.32. The highest BCUT2D eigenvalue weighted by Crippen LogP contribution is 2.31. The van der Waals surface area contributed by atoms with Crippen molar-refractivity contribution in [3.63, 3.8) is 0 Å². The molecule has 0 atom stereocenters. The van der Waals surface area contributed by atoms with E-state index >= 15 is 0 Å². The van der Waals surface area contributed by atoms with E-state index < -0.39 is 23.6 Å². The van der Waals surface area contributed by atoms with Crippen LogP contribution in [0.5, 0.6) is 5.75 Å². The van der Waals surface area contributed by atoms with Crippen molar-refractivity contribution in [2.45, 2.75) is 25.3 Å². The van der Waals surface area contributed by atoms with E-state index in [1.165, 1.54) is 19.2 Å². The number of anilines is 4. The minimum absolute atomic E-state index is 0.0458. The maximum absolute atomic E-state index is 14.4. The molecule has 1 saturated carbocycles. The lowest BCUT2D eigenvalue weighted by molar-refractivity contribution is 0.0572. The quantitative estimate of drug-likeness (QED) is 0.284. The van der Waals surface area contributed by atoms with Gasteiger partial charge >= 0.3 is 11.8 Å². The van der Waals surface area contributed by atoms with E-state index in [1.807, 2.05) is 0 Å². The molecule has 4 aromatic rings. The van der Waals surface area contributed by atoms with Crippen molar-refractivity contribution in [2.24, 2.45) is 0 Å². The summed E-state index contributed by atoms with van der Waals surface area (Å²) >= 11 is 0. The summed E-state index contributed by atoms with van der Waals surface area (Å²) in [4.78, 5) is 47.5. The van der Waals surface area contributed by atoms with Gasteiger partial charge in [0.2, 0.25) is 5.95 Å². The van der Waals surface area contributed by atoms with Crippen LogP contribution in [0.1, 0.15) is 29.6 Å². The van der Waals surface area contributed by atoms with Crippen LogP contribution in [0.3, 0.4) is 0 Å². The van der Waals surface area contributed by atoms with Crippen molar-refractivity contribution in [3.8, 4) is 5.75 Å². The van der Waals surface area contributed by atoms with Gasteiger partial charge in [-0.05, 0) is 49.6 Å². The molecule has 0 unspecified atom stereocenters. The van der Waals surface area contributed by atoms with Gasteiger partial charge in [-0.2, -0.15) is 4.98 Å². The number of methoxy groups -OCH3 is 1. The number of aromatic amines is 1. The summed E-state index contributed by atoms with van der Waals surface area (Å²) in [6.45, 7) is 0. The lowest BCUT2D eigenvalue weighted by Gasteiger charge is -2.34. The Morgan fingerprint density at radius 3 is 2.65 bits per heavy atom. The summed E-state index contributed by atoms with van der Waals surface area (Å²) in [5.74, 6) is -1.91. The fraction of sp³-hybridized carbons (Fsp3) is 0.208. The second-order valence-corrected chi connectivity index (χ2v) is 8.32. The largest absolute Gasteiger partial charge is 0.496 e. The number of hydrogen-bond acceptors (Lipinski definition) is 9. The summed E-state index contributed by atoms with van der Waals surface area (Å²) in [6.07, 6.45) is 1.80. The van der Waals surface area contributed by atoms with Gasteiger partial charge in [-0.25, -0.2) is 23.9 Å². The van der Waals surface area contributed by atoms with Gasteiger partial charge in [0.15, 0.2) is 17.2 Å². The normalized spacial score (nSPS) is 13.1. The van der Waals surface area contributed by atoms with Crippen LogP contribution >= 0.6 is 0 Å². The van der Waals surface area contributed by atoms with Crippen LogP contribution in [-0.4, -0.2) is 50.1 Å². The highest BCUT2D eigenvalue weighted by atomic mass is 19.1. The first-order valence-electron chi connectivity index (χ1n) is 11.3. The maximum atomic E-state index is 14.4. The Balaban J connectivity index is 1.36. The van der Waals surface area contributed by atoms with Gasteiger partial charge in [-0.3, -0.25) is 9.78 Å². The third kappa shape index (κ3) is 4.78. The Morgan fingerprint density at radius 2 is 1.95 bits per heavy atom. The molecule has 0 bridgehead atoms. The first kappa shape index (κ1) is 23.8. The molecular formula is C24H21FN6O6. The molecule has 5 rings (SSSR count). The van der Waals surface area contributed by atoms with Gasteiger partial charge < -0.3 is 24.9 Å². The van der Waals surface area contributed by atoms with Crippen LogP contribution in [0.4, 0.5) is 32.3 Å². The number of nitrogens with one attached hydrogen (secondary N) is 3. The Labute approximate surface area is 208 Å². The molecule has 2 aromatic carbocycles. The Kier molecular flexibility index (Phi) is 6.17. The average Bonchev–Trinajstić information content (AvgIpc) is 3.22. The third-order valence-electron chi connectivity index (χ3n) is 5.98. The topological polar surface area (TPSA) is 163 Å². The van der Waals surface area contributed by atoms with Gasteiger partial charge in [0.25, 0.3) is 5.91 Å². The molecule has 0 aliphatic heterocycles. The van der Waals surface area contributed by atoms with E-state index in [2.05, 4.69) is 25.6 Å². The Bertz CT molecular complexity index is 1560. The highest BCUT2D eigenvalue weighted by molar-refractivity contribution is 6.05. The summed E-state index contributed by atoms with van der Waals surface area (Å²) in [7, 11) is 1.37. The van der Waals surface area contributed by atoms with Crippen molar-refractivity contribution < 1.29 is 28.2 Å². The first-order valence-corrected chi connectivity index (χ1v) is 11.3. The number of H-pyrrole nitrogens is 1. The predicted molar refractivity (Wildman–Crippen MR) is 130 cm³/mol. The van der Waals surface area contributed by atoms with E-state index in [0.29, 0.717) is 35.3 Å². The second kappa shape index (κ2) is 9.60. The van der Waals surface area contributed by atoms with Crippen LogP contribution in [0.2, 0.25) is 0 Å². The number of rotatable bonds is 7. The number of hydrogen-bond donors (Lipinski definition) is 4. The number of fused-ring (bicyclic) bond motifs is 1. The van der Waals surface area contributed by atoms with Crippen molar-refractivity contribution >= 4 is 46.2 Å². The van der Waals surface area contributed by atoms with Crippen LogP contribution in [-0.2, 0) is 0 Å². The number of halogens is 1. The van der Waals surface area contributed by atoms with Gasteiger partial charge in [0.1, 0.15) is 5.75 Å². The average molecular weight is 508 g/mol. The summed E-state index contributed by atoms with van der Waals surface area (Å²) in [5.41, 5.74) is 1.76. The molecule has 0 spiro atoms. The predicted octanol–water partition coefficient (Wildman–Crippen LogP) is 4.22. The number of carbonyl (C=O) groups excluding carboxylic acids is 1. The van der Waals surface area contributed by atoms with Crippen LogP contribution in [0.15, 0.2) is 51.8 Å². The number of amides is 2. The van der Waals surface area contributed by atoms with Crippen molar-refractivity contribution in [3.05, 3.63) is 64.5 Å². The van der Waals surface area contributed by atoms with Gasteiger partial charge in [-0.15, -0.1) is 0 Å². The molecule has 2 aromatic heterocycles. The minimum Gasteiger partial charge on any atom is -0.496 e. The first-order chi connectivity index (χ1) is 17.8. The standard InChI is InChI=1S/C24H21FN6O6/c1-36-19-10-13(5-7-15(19)21(32)31(24(34)35)14-3-2-4-14)28-22-26-11-16(25)20(30-22)27-12-6-8-18-17(9-12)29-23(33)37-18/h5-11,14H,2-4H2,1H3,(H,29,33)(H,34,35)(H2,26,27,28,30). The van der Waals surface area contributed by atoms with Gasteiger partial charge in [-0.1, -0.05) is 0 Å². The van der Waals surface area contributed by atoms with E-state index in [9.17, 15) is 23.9 Å². The molecule has 1 fully saturated rings. The molecule has 2 amide bonds. The van der Waals surface area contributed by atoms with Crippen LogP contribution in [0.25, 0.3) is 11.1 Å². The highest BCUT2D eigenvalue weighted by Gasteiger charge is 2.35. The van der Waals surface area contributed by atoms with Gasteiger partial charge in [0.05, 0.1) is 24.4 Å². The fourth-order valence-electron chi connectivity index (χ4n) is 3.94. The Hall–Kier alpha value is -4.94. The molecule has 37 heavy (non-hydrogen) atoms. The molecular weight excluding hydrogens is 487 g/mol. The molecule has 0 saturated heterocycles. The number of ether oxygens (including phenoxy) is 1. The molecule has 12 nitrogen and oxygen atoms in total. The van der Waals surface area contributed by atoms with Gasteiger partial charge in [0, 0.05) is 23.5 Å². The molecule has 0 radical (unpaired) electrons. The molecule has 1 aliphatic carbocycles. The zero-order chi connectivity index (χ0) is 26.1. The summed E-state index contributed by atoms with van der Waals surface area (Å²) < 4.78 is 24.7. The number of aromatic nitrogens is 3. The number of imide groups is 1. The zero-order valence-corrected chi connectivity index (χ0v) is 19.4. The SMILES string of the molecule is COc1cc(Nc2ncc(F)c(Nc3ccc4oc(=O)[nH]c4c3)n2)ccc1C(=O)N(C(=O)O)C1CCC1. The van der Waals surface area contributed by atoms with Crippen molar-refractivity contribution in [2.75, 3.05) is 17.7 Å². The number of benzene rings is 2. The molecule has 4 N–H and O–H groups in total. The third-order valence-corrected chi connectivity index (χ3v) is 5.98. The smallest absolute Gasteiger partial charge is 0.417 e. The number of carboxylic acid groups (broad SMARTS) is 1. The molecule has 190 valence electrons. The van der Waals surface area contributed by atoms with E-state index in [-0.39, 0.29) is 29.1 Å². The van der Waals surface area contributed by atoms with E-state index in [0.717, 1.165) is 17.5 Å². The number of nitrogens with zero attached hydrogens (tertiary/aromatic N) is 3. The van der Waals surface area contributed by atoms with Crippen LogP contribution < -0.4 is 21.1 Å². The summed E-state index contributed by atoms with van der Waals surface area (Å²) in [5, 5.41) is 15.3. The minimum atomic E-state index is -1.31. The fourth-order valence-corrected chi connectivity index (χ4v) is 3.94. The maximum Gasteiger partial charge on any atom is 0.417 e. The lowest BCUT2D eigenvalue weighted by atomic mass is 9.91. The Morgan fingerprint density at radius 1 is 1.19 bits per heavy atom.